The van der Waals surface area contributed by atoms with Crippen LogP contribution in [0, 0.1) is 10.8 Å². The van der Waals surface area contributed by atoms with Crippen molar-refractivity contribution in [1.29, 1.82) is 0 Å². The molecule has 0 aliphatic heterocycles. The predicted octanol–water partition coefficient (Wildman–Crippen LogP) is 0.704. The molecule has 0 rings (SSSR count). The zero-order chi connectivity index (χ0) is 13.6. The Morgan fingerprint density at radius 2 is 0.938 bits per heavy atom. The summed E-state index contributed by atoms with van der Waals surface area (Å²) in [6, 6.07) is -0.190. The first-order valence-electron chi connectivity index (χ1n) is 5.69. The summed E-state index contributed by atoms with van der Waals surface area (Å²) in [5, 5.41) is 17.1. The number of nitrogens with two attached hydrogens (primary N) is 2. The molecule has 4 heteroatoms. The SMILES string of the molecule is CC(C)(C)[C@H](N)CO.CC(C)(C)[C@H](N)CO. The molecule has 0 unspecified atom stereocenters. The van der Waals surface area contributed by atoms with Crippen molar-refractivity contribution < 1.29 is 10.2 Å². The molecule has 4 nitrogen and oxygen atoms in total. The molecule has 0 spiro atoms. The largest absolute Gasteiger partial charge is 0.395 e. The first-order chi connectivity index (χ1) is 6.96. The molecule has 0 saturated carbocycles. The van der Waals surface area contributed by atoms with Gasteiger partial charge in [-0.3, -0.25) is 0 Å². The van der Waals surface area contributed by atoms with E-state index in [4.69, 9.17) is 21.7 Å². The van der Waals surface area contributed by atoms with Gasteiger partial charge >= 0.3 is 0 Å². The molecule has 0 radical (unpaired) electrons. The van der Waals surface area contributed by atoms with Gasteiger partial charge in [-0.05, 0) is 10.8 Å². The van der Waals surface area contributed by atoms with E-state index in [1.54, 1.807) is 0 Å². The quantitative estimate of drug-likeness (QED) is 0.566. The topological polar surface area (TPSA) is 92.5 Å². The Balaban J connectivity index is 0. The highest BCUT2D eigenvalue weighted by atomic mass is 16.3. The van der Waals surface area contributed by atoms with E-state index in [-0.39, 0.29) is 36.1 Å². The van der Waals surface area contributed by atoms with Gasteiger partial charge in [0.25, 0.3) is 0 Å². The Bertz CT molecular complexity index is 151. The normalized spacial score (nSPS) is 16.1. The summed E-state index contributed by atoms with van der Waals surface area (Å²) in [7, 11) is 0. The van der Waals surface area contributed by atoms with E-state index < -0.39 is 0 Å². The summed E-state index contributed by atoms with van der Waals surface area (Å²) >= 11 is 0. The van der Waals surface area contributed by atoms with Crippen molar-refractivity contribution in [2.45, 2.75) is 53.6 Å². The summed E-state index contributed by atoms with van der Waals surface area (Å²) in [6.45, 7) is 12.2. The lowest BCUT2D eigenvalue weighted by atomic mass is 9.88. The number of aliphatic hydroxyl groups is 2. The molecule has 2 atom stereocenters. The number of rotatable bonds is 2. The van der Waals surface area contributed by atoms with E-state index in [1.165, 1.54) is 0 Å². The van der Waals surface area contributed by atoms with Crippen molar-refractivity contribution in [3.63, 3.8) is 0 Å². The second kappa shape index (κ2) is 7.22. The molecule has 0 heterocycles. The van der Waals surface area contributed by atoms with Crippen LogP contribution in [0.15, 0.2) is 0 Å². The van der Waals surface area contributed by atoms with Gasteiger partial charge in [-0.15, -0.1) is 0 Å². The predicted molar refractivity (Wildman–Crippen MR) is 69.0 cm³/mol. The number of hydrogen-bond acceptors (Lipinski definition) is 4. The summed E-state index contributed by atoms with van der Waals surface area (Å²) in [4.78, 5) is 0. The molecule has 0 aromatic heterocycles. The Kier molecular flexibility index (Phi) is 8.22. The summed E-state index contributed by atoms with van der Waals surface area (Å²) in [5.74, 6) is 0. The summed E-state index contributed by atoms with van der Waals surface area (Å²) in [5.41, 5.74) is 11.1. The van der Waals surface area contributed by atoms with Crippen molar-refractivity contribution in [3.05, 3.63) is 0 Å². The minimum absolute atomic E-state index is 0.0365. The zero-order valence-corrected chi connectivity index (χ0v) is 11.6. The fourth-order valence-electron chi connectivity index (χ4n) is 0.548. The van der Waals surface area contributed by atoms with Crippen molar-refractivity contribution in [2.75, 3.05) is 13.2 Å². The summed E-state index contributed by atoms with van der Waals surface area (Å²) < 4.78 is 0. The molecule has 0 aliphatic carbocycles. The number of aliphatic hydroxyl groups excluding tert-OH is 2. The van der Waals surface area contributed by atoms with Crippen molar-refractivity contribution in [2.24, 2.45) is 22.3 Å². The van der Waals surface area contributed by atoms with E-state index in [9.17, 15) is 0 Å². The van der Waals surface area contributed by atoms with Crippen LogP contribution in [0.5, 0.6) is 0 Å². The van der Waals surface area contributed by atoms with Crippen LogP contribution < -0.4 is 11.5 Å². The molecule has 0 amide bonds. The van der Waals surface area contributed by atoms with E-state index >= 15 is 0 Å². The lowest BCUT2D eigenvalue weighted by molar-refractivity contribution is 0.189. The van der Waals surface area contributed by atoms with Gasteiger partial charge in [0, 0.05) is 12.1 Å². The van der Waals surface area contributed by atoms with Crippen LogP contribution in [-0.2, 0) is 0 Å². The second-order valence-electron chi connectivity index (χ2n) is 6.31. The maximum absolute atomic E-state index is 8.55. The highest BCUT2D eigenvalue weighted by Crippen LogP contribution is 2.16. The van der Waals surface area contributed by atoms with Crippen LogP contribution >= 0.6 is 0 Å². The molecule has 0 saturated heterocycles. The zero-order valence-electron chi connectivity index (χ0n) is 11.6. The average molecular weight is 234 g/mol. The van der Waals surface area contributed by atoms with Crippen LogP contribution in [0.4, 0.5) is 0 Å². The van der Waals surface area contributed by atoms with Gasteiger partial charge in [-0.1, -0.05) is 41.5 Å². The highest BCUT2D eigenvalue weighted by molar-refractivity contribution is 4.75. The Morgan fingerprint density at radius 3 is 0.938 bits per heavy atom. The van der Waals surface area contributed by atoms with Gasteiger partial charge in [0.15, 0.2) is 0 Å². The van der Waals surface area contributed by atoms with Gasteiger partial charge in [0.05, 0.1) is 13.2 Å². The van der Waals surface area contributed by atoms with Crippen LogP contribution in [0.25, 0.3) is 0 Å². The van der Waals surface area contributed by atoms with Gasteiger partial charge in [0.2, 0.25) is 0 Å². The van der Waals surface area contributed by atoms with Gasteiger partial charge in [-0.2, -0.15) is 0 Å². The fraction of sp³-hybridized carbons (Fsp3) is 1.00. The maximum atomic E-state index is 8.55. The Labute approximate surface area is 100 Å². The van der Waals surface area contributed by atoms with E-state index in [0.29, 0.717) is 0 Å². The van der Waals surface area contributed by atoms with Crippen LogP contribution in [-0.4, -0.2) is 35.5 Å². The smallest absolute Gasteiger partial charge is 0.0587 e. The summed E-state index contributed by atoms with van der Waals surface area (Å²) in [6.07, 6.45) is 0. The monoisotopic (exact) mass is 234 g/mol. The lowest BCUT2D eigenvalue weighted by Gasteiger charge is -2.24. The third-order valence-corrected chi connectivity index (χ3v) is 2.62. The van der Waals surface area contributed by atoms with Gasteiger partial charge in [0.1, 0.15) is 0 Å². The molecular formula is C12H30N2O2. The first kappa shape index (κ1) is 18.2. The van der Waals surface area contributed by atoms with Crippen LogP contribution in [0.2, 0.25) is 0 Å². The van der Waals surface area contributed by atoms with Crippen molar-refractivity contribution in [1.82, 2.24) is 0 Å². The Morgan fingerprint density at radius 1 is 0.750 bits per heavy atom. The van der Waals surface area contributed by atoms with Gasteiger partial charge < -0.3 is 21.7 Å². The second-order valence-corrected chi connectivity index (χ2v) is 6.31. The third-order valence-electron chi connectivity index (χ3n) is 2.62. The van der Waals surface area contributed by atoms with Crippen LogP contribution in [0.1, 0.15) is 41.5 Å². The average Bonchev–Trinajstić information content (AvgIpc) is 2.13. The Hall–Kier alpha value is -0.160. The molecule has 0 fully saturated rings. The highest BCUT2D eigenvalue weighted by Gasteiger charge is 2.19. The van der Waals surface area contributed by atoms with E-state index in [1.807, 2.05) is 41.5 Å². The molecule has 0 aliphatic rings. The third kappa shape index (κ3) is 9.09. The van der Waals surface area contributed by atoms with Crippen LogP contribution in [0.3, 0.4) is 0 Å². The first-order valence-corrected chi connectivity index (χ1v) is 5.69. The standard InChI is InChI=1S/2C6H15NO/c2*1-6(2,3)5(7)4-8/h2*5,8H,4,7H2,1-3H3/t2*5-/m11/s1. The molecule has 16 heavy (non-hydrogen) atoms. The molecule has 100 valence electrons. The van der Waals surface area contributed by atoms with Crippen molar-refractivity contribution in [3.8, 4) is 0 Å². The molecule has 6 N–H and O–H groups in total. The van der Waals surface area contributed by atoms with Gasteiger partial charge in [-0.25, -0.2) is 0 Å². The minimum Gasteiger partial charge on any atom is -0.395 e. The molecule has 0 bridgehead atoms. The minimum atomic E-state index is -0.0949. The van der Waals surface area contributed by atoms with E-state index in [0.717, 1.165) is 0 Å². The number of hydrogen-bond donors (Lipinski definition) is 4. The molecular weight excluding hydrogens is 204 g/mol. The molecule has 0 aromatic rings. The maximum Gasteiger partial charge on any atom is 0.0587 e. The lowest BCUT2D eigenvalue weighted by Crippen LogP contribution is -2.37. The molecule has 0 aromatic carbocycles. The van der Waals surface area contributed by atoms with E-state index in [2.05, 4.69) is 0 Å². The fourth-order valence-corrected chi connectivity index (χ4v) is 0.548. The van der Waals surface area contributed by atoms with Crippen molar-refractivity contribution >= 4 is 0 Å².